The van der Waals surface area contributed by atoms with Crippen LogP contribution in [0.2, 0.25) is 0 Å². The summed E-state index contributed by atoms with van der Waals surface area (Å²) in [5, 5.41) is 6.81. The fourth-order valence-corrected chi connectivity index (χ4v) is 3.27. The molecule has 7 heteroatoms. The number of nitrogens with zero attached hydrogens (tertiary/aromatic N) is 1. The van der Waals surface area contributed by atoms with Crippen molar-refractivity contribution < 1.29 is 14.2 Å². The number of benzene rings is 2. The zero-order valence-corrected chi connectivity index (χ0v) is 20.4. The quantitative estimate of drug-likeness (QED) is 0.298. The van der Waals surface area contributed by atoms with E-state index < -0.39 is 0 Å². The third-order valence-corrected chi connectivity index (χ3v) is 5.24. The SMILES string of the molecule is CN=C(NCc1ccccc1OC1CCC1)NC(C)c1cc(OC)ccc1OC.I. The number of nitrogens with one attached hydrogen (secondary N) is 2. The van der Waals surface area contributed by atoms with Crippen LogP contribution >= 0.6 is 24.0 Å². The highest BCUT2D eigenvalue weighted by molar-refractivity contribution is 14.0. The van der Waals surface area contributed by atoms with Crippen molar-refractivity contribution in [2.24, 2.45) is 4.99 Å². The van der Waals surface area contributed by atoms with Gasteiger partial charge in [0.2, 0.25) is 0 Å². The van der Waals surface area contributed by atoms with E-state index in [4.69, 9.17) is 14.2 Å². The van der Waals surface area contributed by atoms with E-state index >= 15 is 0 Å². The Morgan fingerprint density at radius 1 is 1.10 bits per heavy atom. The van der Waals surface area contributed by atoms with Crippen LogP contribution in [0.4, 0.5) is 0 Å². The number of ether oxygens (including phenoxy) is 3. The topological polar surface area (TPSA) is 64.1 Å². The summed E-state index contributed by atoms with van der Waals surface area (Å²) in [5.74, 6) is 3.25. The second kappa shape index (κ2) is 11.9. The smallest absolute Gasteiger partial charge is 0.191 e. The van der Waals surface area contributed by atoms with E-state index in [9.17, 15) is 0 Å². The Bertz CT molecular complexity index is 840. The van der Waals surface area contributed by atoms with Crippen LogP contribution in [-0.2, 0) is 6.54 Å². The van der Waals surface area contributed by atoms with Gasteiger partial charge in [0.15, 0.2) is 5.96 Å². The van der Waals surface area contributed by atoms with Gasteiger partial charge in [0, 0.05) is 24.7 Å². The molecule has 0 spiro atoms. The van der Waals surface area contributed by atoms with Gasteiger partial charge in [-0.3, -0.25) is 4.99 Å². The zero-order valence-electron chi connectivity index (χ0n) is 18.1. The molecule has 1 aliphatic carbocycles. The van der Waals surface area contributed by atoms with Crippen LogP contribution in [0.3, 0.4) is 0 Å². The molecule has 2 N–H and O–H groups in total. The van der Waals surface area contributed by atoms with Crippen LogP contribution in [0.25, 0.3) is 0 Å². The fourth-order valence-electron chi connectivity index (χ4n) is 3.27. The third-order valence-electron chi connectivity index (χ3n) is 5.24. The molecule has 0 aliphatic heterocycles. The van der Waals surface area contributed by atoms with Crippen molar-refractivity contribution in [3.63, 3.8) is 0 Å². The molecule has 164 valence electrons. The molecular formula is C23H32IN3O3. The molecule has 2 aromatic carbocycles. The lowest BCUT2D eigenvalue weighted by molar-refractivity contribution is 0.119. The summed E-state index contributed by atoms with van der Waals surface area (Å²) in [7, 11) is 5.10. The van der Waals surface area contributed by atoms with Gasteiger partial charge in [-0.15, -0.1) is 24.0 Å². The molecule has 0 radical (unpaired) electrons. The molecular weight excluding hydrogens is 493 g/mol. The van der Waals surface area contributed by atoms with E-state index in [1.165, 1.54) is 6.42 Å². The van der Waals surface area contributed by atoms with Gasteiger partial charge < -0.3 is 24.8 Å². The molecule has 0 saturated heterocycles. The third kappa shape index (κ3) is 6.17. The summed E-state index contributed by atoms with van der Waals surface area (Å²) in [6.45, 7) is 2.70. The first-order valence-electron chi connectivity index (χ1n) is 10.1. The normalized spacial score (nSPS) is 14.7. The monoisotopic (exact) mass is 525 g/mol. The molecule has 1 aliphatic rings. The number of methoxy groups -OCH3 is 2. The standard InChI is InChI=1S/C23H31N3O3.HI/c1-16(20-14-19(27-3)12-13-22(20)28-4)26-23(24-2)25-15-17-8-5-6-11-21(17)29-18-9-7-10-18;/h5-6,8,11-14,16,18H,7,9-10,15H2,1-4H3,(H2,24,25,26);1H. The predicted octanol–water partition coefficient (Wildman–Crippen LogP) is 4.68. The first-order valence-corrected chi connectivity index (χ1v) is 10.1. The summed E-state index contributed by atoms with van der Waals surface area (Å²) in [6, 6.07) is 13.9. The van der Waals surface area contributed by atoms with Gasteiger partial charge in [-0.25, -0.2) is 0 Å². The van der Waals surface area contributed by atoms with Gasteiger partial charge in [-0.1, -0.05) is 18.2 Å². The van der Waals surface area contributed by atoms with Gasteiger partial charge in [0.1, 0.15) is 17.2 Å². The summed E-state index contributed by atoms with van der Waals surface area (Å²) >= 11 is 0. The fraction of sp³-hybridized carbons (Fsp3) is 0.435. The molecule has 0 bridgehead atoms. The maximum atomic E-state index is 6.12. The maximum absolute atomic E-state index is 6.12. The van der Waals surface area contributed by atoms with Crippen molar-refractivity contribution in [2.75, 3.05) is 21.3 Å². The molecule has 1 atom stereocenters. The first kappa shape index (κ1) is 24.1. The number of halogens is 1. The van der Waals surface area contributed by atoms with E-state index in [2.05, 4.69) is 28.6 Å². The average molecular weight is 525 g/mol. The van der Waals surface area contributed by atoms with Gasteiger partial charge in [0.25, 0.3) is 0 Å². The number of aliphatic imine (C=N–C) groups is 1. The lowest BCUT2D eigenvalue weighted by Gasteiger charge is -2.27. The van der Waals surface area contributed by atoms with Crippen LogP contribution < -0.4 is 24.8 Å². The molecule has 3 rings (SSSR count). The molecule has 30 heavy (non-hydrogen) atoms. The van der Waals surface area contributed by atoms with E-state index in [0.29, 0.717) is 18.6 Å². The van der Waals surface area contributed by atoms with Crippen molar-refractivity contribution in [1.29, 1.82) is 0 Å². The Labute approximate surface area is 196 Å². The van der Waals surface area contributed by atoms with Crippen LogP contribution in [0.1, 0.15) is 43.4 Å². The van der Waals surface area contributed by atoms with Crippen LogP contribution in [0.15, 0.2) is 47.5 Å². The molecule has 2 aromatic rings. The van der Waals surface area contributed by atoms with Gasteiger partial charge in [-0.2, -0.15) is 0 Å². The molecule has 0 aromatic heterocycles. The van der Waals surface area contributed by atoms with E-state index in [1.54, 1.807) is 21.3 Å². The van der Waals surface area contributed by atoms with E-state index in [0.717, 1.165) is 41.2 Å². The van der Waals surface area contributed by atoms with Crippen molar-refractivity contribution in [3.8, 4) is 17.2 Å². The molecule has 1 unspecified atom stereocenters. The van der Waals surface area contributed by atoms with Gasteiger partial charge in [-0.05, 0) is 50.5 Å². The Hall–Kier alpha value is -2.16. The number of hydrogen-bond donors (Lipinski definition) is 2. The van der Waals surface area contributed by atoms with E-state index in [-0.39, 0.29) is 30.0 Å². The lowest BCUT2D eigenvalue weighted by Crippen LogP contribution is -2.38. The van der Waals surface area contributed by atoms with Gasteiger partial charge >= 0.3 is 0 Å². The van der Waals surface area contributed by atoms with Gasteiger partial charge in [0.05, 0.1) is 26.4 Å². The second-order valence-corrected chi connectivity index (χ2v) is 7.18. The second-order valence-electron chi connectivity index (χ2n) is 7.18. The summed E-state index contributed by atoms with van der Waals surface area (Å²) in [6.07, 6.45) is 3.90. The minimum atomic E-state index is -0.0206. The van der Waals surface area contributed by atoms with Crippen LogP contribution in [0, 0.1) is 0 Å². The highest BCUT2D eigenvalue weighted by atomic mass is 127. The van der Waals surface area contributed by atoms with Crippen molar-refractivity contribution in [3.05, 3.63) is 53.6 Å². The van der Waals surface area contributed by atoms with Crippen molar-refractivity contribution in [2.45, 2.75) is 44.9 Å². The maximum Gasteiger partial charge on any atom is 0.191 e. The Morgan fingerprint density at radius 2 is 1.87 bits per heavy atom. The average Bonchev–Trinajstić information content (AvgIpc) is 2.73. The van der Waals surface area contributed by atoms with Crippen LogP contribution in [0.5, 0.6) is 17.2 Å². The Kier molecular flexibility index (Phi) is 9.55. The molecule has 1 saturated carbocycles. The molecule has 0 amide bonds. The largest absolute Gasteiger partial charge is 0.497 e. The molecule has 0 heterocycles. The molecule has 6 nitrogen and oxygen atoms in total. The summed E-state index contributed by atoms with van der Waals surface area (Å²) < 4.78 is 17.0. The highest BCUT2D eigenvalue weighted by Gasteiger charge is 2.20. The Balaban J connectivity index is 0.00000320. The number of guanidine groups is 1. The minimum Gasteiger partial charge on any atom is -0.497 e. The predicted molar refractivity (Wildman–Crippen MR) is 131 cm³/mol. The number of rotatable bonds is 8. The summed E-state index contributed by atoms with van der Waals surface area (Å²) in [4.78, 5) is 4.37. The molecule has 1 fully saturated rings. The number of para-hydroxylation sites is 1. The lowest BCUT2D eigenvalue weighted by atomic mass is 9.96. The minimum absolute atomic E-state index is 0. The number of hydrogen-bond acceptors (Lipinski definition) is 4. The highest BCUT2D eigenvalue weighted by Crippen LogP contribution is 2.29. The zero-order chi connectivity index (χ0) is 20.6. The summed E-state index contributed by atoms with van der Waals surface area (Å²) in [5.41, 5.74) is 2.12. The Morgan fingerprint density at radius 3 is 2.50 bits per heavy atom. The van der Waals surface area contributed by atoms with Crippen molar-refractivity contribution >= 4 is 29.9 Å². The van der Waals surface area contributed by atoms with Crippen LogP contribution in [-0.4, -0.2) is 33.3 Å². The first-order chi connectivity index (χ1) is 14.1. The van der Waals surface area contributed by atoms with Crippen molar-refractivity contribution in [1.82, 2.24) is 10.6 Å². The van der Waals surface area contributed by atoms with E-state index in [1.807, 2.05) is 36.4 Å².